The molecule has 0 fully saturated rings. The van der Waals surface area contributed by atoms with Gasteiger partial charge in [-0.05, 0) is 66.1 Å². The van der Waals surface area contributed by atoms with Gasteiger partial charge in [-0.1, -0.05) is 42.8 Å². The van der Waals surface area contributed by atoms with Crippen molar-refractivity contribution in [2.75, 3.05) is 0 Å². The van der Waals surface area contributed by atoms with Crippen LogP contribution in [0.4, 0.5) is 13.2 Å². The molecule has 11 heteroatoms. The molecule has 0 saturated heterocycles. The van der Waals surface area contributed by atoms with E-state index in [-0.39, 0.29) is 36.9 Å². The summed E-state index contributed by atoms with van der Waals surface area (Å²) >= 11 is 5.90. The molecule has 0 amide bonds. The number of benzene rings is 3. The van der Waals surface area contributed by atoms with Gasteiger partial charge in [0.05, 0.1) is 22.1 Å². The third-order valence-electron chi connectivity index (χ3n) is 5.32. The topological polar surface area (TPSA) is 74.7 Å². The molecule has 0 unspecified atom stereocenters. The summed E-state index contributed by atoms with van der Waals surface area (Å²) in [4.78, 5) is 11.1. The molecule has 0 aliphatic heterocycles. The number of nitrogens with zero attached hydrogens (tertiary/aromatic N) is 1. The Bertz CT molecular complexity index is 1250. The first kappa shape index (κ1) is 28.7. The second kappa shape index (κ2) is 11.5. The number of rotatable bonds is 8. The minimum Gasteiger partial charge on any atom is -0.478 e. The molecule has 5 nitrogen and oxygen atoms in total. The number of carbonyl (C=O) groups is 1. The minimum atomic E-state index is -4.51. The molecule has 35 heavy (non-hydrogen) atoms. The van der Waals surface area contributed by atoms with E-state index in [0.29, 0.717) is 16.1 Å². The molecule has 0 spiro atoms. The molecule has 0 bridgehead atoms. The molecule has 0 aliphatic rings. The Morgan fingerprint density at radius 3 is 1.97 bits per heavy atom. The SMILES string of the molecule is CC[C@@H](c1ccc(C(F)(F)F)cc1)N(Cc1ccc(C(=O)O)cc1)S(=O)(=O)c1ccc(Cl)cc1.S. The molecule has 0 heterocycles. The highest BCUT2D eigenvalue weighted by Gasteiger charge is 2.34. The first-order valence-electron chi connectivity index (χ1n) is 10.2. The van der Waals surface area contributed by atoms with Crippen LogP contribution in [-0.2, 0) is 22.7 Å². The summed E-state index contributed by atoms with van der Waals surface area (Å²) in [6.07, 6.45) is -4.23. The van der Waals surface area contributed by atoms with Crippen molar-refractivity contribution in [3.05, 3.63) is 100 Å². The normalized spacial score (nSPS) is 12.7. The monoisotopic (exact) mass is 545 g/mol. The van der Waals surface area contributed by atoms with Gasteiger partial charge in [-0.25, -0.2) is 13.2 Å². The van der Waals surface area contributed by atoms with Gasteiger partial charge in [0.2, 0.25) is 10.0 Å². The summed E-state index contributed by atoms with van der Waals surface area (Å²) in [7, 11) is -4.10. The number of halogens is 4. The van der Waals surface area contributed by atoms with E-state index in [9.17, 15) is 26.4 Å². The quantitative estimate of drug-likeness (QED) is 0.350. The predicted octanol–water partition coefficient (Wildman–Crippen LogP) is 6.51. The highest BCUT2D eigenvalue weighted by molar-refractivity contribution is 7.89. The fraction of sp³-hybridized carbons (Fsp3) is 0.208. The van der Waals surface area contributed by atoms with Gasteiger partial charge < -0.3 is 5.11 Å². The Labute approximate surface area is 213 Å². The van der Waals surface area contributed by atoms with Crippen LogP contribution in [0, 0.1) is 0 Å². The zero-order valence-corrected chi connectivity index (χ0v) is 21.0. The van der Waals surface area contributed by atoms with Crippen molar-refractivity contribution in [2.24, 2.45) is 0 Å². The third-order valence-corrected chi connectivity index (χ3v) is 7.44. The Balaban J connectivity index is 0.00000432. The van der Waals surface area contributed by atoms with Gasteiger partial charge in [0, 0.05) is 11.6 Å². The van der Waals surface area contributed by atoms with Gasteiger partial charge in [-0.15, -0.1) is 0 Å². The smallest absolute Gasteiger partial charge is 0.416 e. The van der Waals surface area contributed by atoms with E-state index in [1.54, 1.807) is 6.92 Å². The lowest BCUT2D eigenvalue weighted by Gasteiger charge is -2.31. The van der Waals surface area contributed by atoms with Crippen LogP contribution in [0.15, 0.2) is 77.7 Å². The number of hydrogen-bond donors (Lipinski definition) is 1. The lowest BCUT2D eigenvalue weighted by Crippen LogP contribution is -2.34. The van der Waals surface area contributed by atoms with Gasteiger partial charge >= 0.3 is 12.1 Å². The van der Waals surface area contributed by atoms with Crippen molar-refractivity contribution in [2.45, 2.75) is 37.0 Å². The number of carboxylic acids is 1. The van der Waals surface area contributed by atoms with Crippen molar-refractivity contribution in [1.82, 2.24) is 4.31 Å². The highest BCUT2D eigenvalue weighted by Crippen LogP contribution is 2.35. The Morgan fingerprint density at radius 2 is 1.51 bits per heavy atom. The van der Waals surface area contributed by atoms with Gasteiger partial charge in [-0.2, -0.15) is 31.0 Å². The lowest BCUT2D eigenvalue weighted by atomic mass is 10.0. The van der Waals surface area contributed by atoms with Gasteiger partial charge in [0.25, 0.3) is 0 Å². The zero-order chi connectivity index (χ0) is 25.1. The van der Waals surface area contributed by atoms with E-state index in [1.165, 1.54) is 65.0 Å². The summed E-state index contributed by atoms with van der Waals surface area (Å²) in [6, 6.07) is 15.0. The number of carboxylic acid groups (broad SMARTS) is 1. The van der Waals surface area contributed by atoms with Crippen molar-refractivity contribution in [3.63, 3.8) is 0 Å². The second-order valence-corrected chi connectivity index (χ2v) is 9.88. The maximum absolute atomic E-state index is 13.6. The number of alkyl halides is 3. The van der Waals surface area contributed by atoms with E-state index < -0.39 is 33.8 Å². The zero-order valence-electron chi connectivity index (χ0n) is 18.5. The molecule has 0 radical (unpaired) electrons. The van der Waals surface area contributed by atoms with Gasteiger partial charge in [0.1, 0.15) is 0 Å². The lowest BCUT2D eigenvalue weighted by molar-refractivity contribution is -0.137. The molecule has 0 aliphatic carbocycles. The van der Waals surface area contributed by atoms with E-state index in [2.05, 4.69) is 0 Å². The molecular formula is C24H23ClF3NO4S2. The summed E-state index contributed by atoms with van der Waals surface area (Å²) in [6.45, 7) is 1.62. The molecule has 1 N–H and O–H groups in total. The van der Waals surface area contributed by atoms with Crippen molar-refractivity contribution < 1.29 is 31.5 Å². The molecule has 0 aromatic heterocycles. The Hall–Kier alpha value is -2.53. The van der Waals surface area contributed by atoms with Crippen LogP contribution in [-0.4, -0.2) is 23.8 Å². The highest BCUT2D eigenvalue weighted by atomic mass is 35.5. The molecule has 3 rings (SSSR count). The first-order valence-corrected chi connectivity index (χ1v) is 12.0. The summed E-state index contributed by atoms with van der Waals surface area (Å²) in [5, 5.41) is 9.47. The minimum absolute atomic E-state index is 0. The molecule has 3 aromatic carbocycles. The summed E-state index contributed by atoms with van der Waals surface area (Å²) in [5.74, 6) is -1.12. The van der Waals surface area contributed by atoms with Crippen LogP contribution in [0.3, 0.4) is 0 Å². The van der Waals surface area contributed by atoms with Crippen molar-refractivity contribution >= 4 is 41.1 Å². The van der Waals surface area contributed by atoms with Crippen molar-refractivity contribution in [1.29, 1.82) is 0 Å². The van der Waals surface area contributed by atoms with Crippen molar-refractivity contribution in [3.8, 4) is 0 Å². The molecule has 0 saturated carbocycles. The van der Waals surface area contributed by atoms with Crippen LogP contribution in [0.25, 0.3) is 0 Å². The second-order valence-electron chi connectivity index (χ2n) is 7.55. The van der Waals surface area contributed by atoms with Crippen LogP contribution in [0.2, 0.25) is 5.02 Å². The Kier molecular flexibility index (Phi) is 9.41. The first-order chi connectivity index (χ1) is 15.9. The summed E-state index contributed by atoms with van der Waals surface area (Å²) < 4.78 is 67.5. The fourth-order valence-corrected chi connectivity index (χ4v) is 5.34. The van der Waals surface area contributed by atoms with Crippen LogP contribution < -0.4 is 0 Å². The predicted molar refractivity (Wildman–Crippen MR) is 132 cm³/mol. The van der Waals surface area contributed by atoms with Crippen LogP contribution >= 0.6 is 25.1 Å². The van der Waals surface area contributed by atoms with E-state index in [0.717, 1.165) is 12.1 Å². The van der Waals surface area contributed by atoms with E-state index in [1.807, 2.05) is 0 Å². The number of hydrogen-bond acceptors (Lipinski definition) is 3. The molecular weight excluding hydrogens is 523 g/mol. The Morgan fingerprint density at radius 1 is 0.971 bits per heavy atom. The largest absolute Gasteiger partial charge is 0.478 e. The number of sulfonamides is 1. The summed E-state index contributed by atoms with van der Waals surface area (Å²) in [5.41, 5.74) is 0.135. The fourth-order valence-electron chi connectivity index (χ4n) is 3.54. The molecule has 188 valence electrons. The van der Waals surface area contributed by atoms with Crippen LogP contribution in [0.1, 0.15) is 46.4 Å². The maximum Gasteiger partial charge on any atom is 0.416 e. The third kappa shape index (κ3) is 6.78. The van der Waals surface area contributed by atoms with E-state index >= 15 is 0 Å². The average molecular weight is 546 g/mol. The van der Waals surface area contributed by atoms with E-state index in [4.69, 9.17) is 16.7 Å². The number of aromatic carboxylic acids is 1. The van der Waals surface area contributed by atoms with Gasteiger partial charge in [0.15, 0.2) is 0 Å². The molecule has 3 aromatic rings. The average Bonchev–Trinajstić information content (AvgIpc) is 2.79. The standard InChI is InChI=1S/C24H21ClF3NO4S.H2S/c1-2-22(17-7-9-19(10-8-17)24(26,27)28)29(15-16-3-5-18(6-4-16)23(30)31)34(32,33)21-13-11-20(25)12-14-21;/h3-14,22H,2,15H2,1H3,(H,30,31);1H2/t22-;/m0./s1. The van der Waals surface area contributed by atoms with Gasteiger partial charge in [-0.3, -0.25) is 0 Å². The van der Waals surface area contributed by atoms with Crippen LogP contribution in [0.5, 0.6) is 0 Å². The molecule has 1 atom stereocenters. The maximum atomic E-state index is 13.6.